The molecule has 0 radical (unpaired) electrons. The molecule has 1 saturated carbocycles. The van der Waals surface area contributed by atoms with E-state index >= 15 is 0 Å². The largest absolute Gasteiger partial charge is 0.444 e. The molecule has 7 heteroatoms. The number of hydrogen-bond acceptors (Lipinski definition) is 4. The third kappa shape index (κ3) is 5.02. The molecule has 0 saturated heterocycles. The number of methoxy groups -OCH3 is 1. The molecule has 0 aliphatic heterocycles. The molecule has 1 aliphatic carbocycles. The summed E-state index contributed by atoms with van der Waals surface area (Å²) in [5.74, 6) is 0. The van der Waals surface area contributed by atoms with Crippen molar-refractivity contribution in [2.24, 2.45) is 0 Å². The van der Waals surface area contributed by atoms with Gasteiger partial charge in [-0.25, -0.2) is 4.79 Å². The quantitative estimate of drug-likeness (QED) is 0.587. The predicted octanol–water partition coefficient (Wildman–Crippen LogP) is 4.73. The van der Waals surface area contributed by atoms with Crippen LogP contribution >= 0.6 is 15.9 Å². The van der Waals surface area contributed by atoms with Crippen LogP contribution in [0.3, 0.4) is 0 Å². The molecule has 1 aromatic heterocycles. The molecule has 0 spiro atoms. The predicted molar refractivity (Wildman–Crippen MR) is 109 cm³/mol. The van der Waals surface area contributed by atoms with Crippen LogP contribution in [0.25, 0.3) is 10.9 Å². The molecule has 1 aromatic carbocycles. The van der Waals surface area contributed by atoms with Gasteiger partial charge in [0.2, 0.25) is 0 Å². The summed E-state index contributed by atoms with van der Waals surface area (Å²) in [6.45, 7) is 7.61. The molecule has 1 fully saturated rings. The van der Waals surface area contributed by atoms with E-state index in [0.29, 0.717) is 13.2 Å². The second-order valence-electron chi connectivity index (χ2n) is 7.99. The third-order valence-corrected chi connectivity index (χ3v) is 5.11. The van der Waals surface area contributed by atoms with Gasteiger partial charge in [-0.2, -0.15) is 5.10 Å². The minimum atomic E-state index is -0.508. The average molecular weight is 438 g/mol. The molecule has 3 rings (SSSR count). The van der Waals surface area contributed by atoms with Crippen molar-refractivity contribution >= 4 is 32.9 Å². The summed E-state index contributed by atoms with van der Waals surface area (Å²) in [6, 6.07) is 6.34. The highest BCUT2D eigenvalue weighted by Gasteiger charge is 2.36. The van der Waals surface area contributed by atoms with Crippen molar-refractivity contribution in [2.45, 2.75) is 64.8 Å². The van der Waals surface area contributed by atoms with E-state index in [1.165, 1.54) is 0 Å². The number of carbonyl (C=O) groups is 1. The van der Waals surface area contributed by atoms with E-state index in [0.717, 1.165) is 46.9 Å². The molecule has 2 aromatic rings. The number of carbonyl (C=O) groups excluding carboxylic acids is 1. The van der Waals surface area contributed by atoms with Crippen LogP contribution in [-0.4, -0.2) is 46.1 Å². The number of ether oxygens (including phenoxy) is 2. The lowest BCUT2D eigenvalue weighted by atomic mass is 10.2. The lowest BCUT2D eigenvalue weighted by Crippen LogP contribution is -2.38. The van der Waals surface area contributed by atoms with Crippen LogP contribution in [0.2, 0.25) is 0 Å². The summed E-state index contributed by atoms with van der Waals surface area (Å²) in [5.41, 5.74) is 1.45. The van der Waals surface area contributed by atoms with Gasteiger partial charge >= 0.3 is 6.09 Å². The third-order valence-electron chi connectivity index (χ3n) is 4.45. The highest BCUT2D eigenvalue weighted by atomic mass is 79.9. The van der Waals surface area contributed by atoms with Gasteiger partial charge < -0.3 is 9.47 Å². The van der Waals surface area contributed by atoms with Gasteiger partial charge in [0.05, 0.1) is 17.8 Å². The Morgan fingerprint density at radius 3 is 2.74 bits per heavy atom. The molecular weight excluding hydrogens is 410 g/mol. The molecule has 1 amide bonds. The number of benzene rings is 1. The number of aryl methyl sites for hydroxylation is 1. The van der Waals surface area contributed by atoms with Crippen molar-refractivity contribution in [3.8, 4) is 0 Å². The van der Waals surface area contributed by atoms with E-state index in [-0.39, 0.29) is 12.1 Å². The van der Waals surface area contributed by atoms with Crippen molar-refractivity contribution in [3.63, 3.8) is 0 Å². The number of hydrogen-bond donors (Lipinski definition) is 0. The maximum absolute atomic E-state index is 12.7. The van der Waals surface area contributed by atoms with Crippen LogP contribution in [0.1, 0.15) is 45.7 Å². The van der Waals surface area contributed by atoms with E-state index in [4.69, 9.17) is 14.6 Å². The fourth-order valence-corrected chi connectivity index (χ4v) is 3.70. The van der Waals surface area contributed by atoms with E-state index in [9.17, 15) is 4.79 Å². The first-order chi connectivity index (χ1) is 12.8. The summed E-state index contributed by atoms with van der Waals surface area (Å²) in [6.07, 6.45) is 2.66. The molecule has 148 valence electrons. The highest BCUT2D eigenvalue weighted by Crippen LogP contribution is 2.33. The number of amides is 1. The van der Waals surface area contributed by atoms with Crippen molar-refractivity contribution in [2.75, 3.05) is 13.7 Å². The Balaban J connectivity index is 1.89. The van der Waals surface area contributed by atoms with E-state index in [1.54, 1.807) is 7.11 Å². The lowest BCUT2D eigenvalue weighted by molar-refractivity contribution is 0.0214. The first-order valence-electron chi connectivity index (χ1n) is 9.42. The molecule has 6 nitrogen and oxygen atoms in total. The summed E-state index contributed by atoms with van der Waals surface area (Å²) < 4.78 is 13.8. The molecule has 0 bridgehead atoms. The van der Waals surface area contributed by atoms with Crippen LogP contribution in [-0.2, 0) is 22.6 Å². The zero-order chi connectivity index (χ0) is 19.6. The molecule has 0 atom stereocenters. The fraction of sp³-hybridized carbons (Fsp3) is 0.600. The van der Waals surface area contributed by atoms with Crippen LogP contribution in [0.15, 0.2) is 22.7 Å². The van der Waals surface area contributed by atoms with Gasteiger partial charge in [0.1, 0.15) is 5.60 Å². The highest BCUT2D eigenvalue weighted by molar-refractivity contribution is 9.10. The number of aromatic nitrogens is 2. The molecule has 1 aliphatic rings. The number of fused-ring (bicyclic) bond motifs is 1. The monoisotopic (exact) mass is 437 g/mol. The van der Waals surface area contributed by atoms with Crippen LogP contribution in [0, 0.1) is 0 Å². The van der Waals surface area contributed by atoms with Crippen molar-refractivity contribution in [3.05, 3.63) is 28.4 Å². The Morgan fingerprint density at radius 1 is 1.37 bits per heavy atom. The van der Waals surface area contributed by atoms with E-state index < -0.39 is 5.60 Å². The molecule has 0 unspecified atom stereocenters. The zero-order valence-electron chi connectivity index (χ0n) is 16.5. The molecular formula is C20H28BrN3O3. The molecule has 1 heterocycles. The first kappa shape index (κ1) is 20.1. The Morgan fingerprint density at radius 2 is 2.11 bits per heavy atom. The number of nitrogens with zero attached hydrogens (tertiary/aromatic N) is 3. The SMILES string of the molecule is COCCCn1nc(CN(C(=O)OC(C)(C)C)C2CC2)c2c(Br)cccc21. The molecule has 0 N–H and O–H groups in total. The van der Waals surface area contributed by atoms with Gasteiger partial charge in [-0.15, -0.1) is 0 Å². The lowest BCUT2D eigenvalue weighted by Gasteiger charge is -2.27. The van der Waals surface area contributed by atoms with Gasteiger partial charge in [-0.1, -0.05) is 22.0 Å². The summed E-state index contributed by atoms with van der Waals surface area (Å²) in [4.78, 5) is 14.5. The second kappa shape index (κ2) is 8.19. The summed E-state index contributed by atoms with van der Waals surface area (Å²) in [7, 11) is 1.71. The van der Waals surface area contributed by atoms with Gasteiger partial charge in [0, 0.05) is 36.2 Å². The Labute approximate surface area is 168 Å². The normalized spacial score (nSPS) is 14.6. The Bertz CT molecular complexity index is 809. The Hall–Kier alpha value is -1.60. The Kier molecular flexibility index (Phi) is 6.11. The van der Waals surface area contributed by atoms with Gasteiger partial charge in [-0.05, 0) is 52.2 Å². The van der Waals surface area contributed by atoms with Gasteiger partial charge in [0.25, 0.3) is 0 Å². The average Bonchev–Trinajstić information content (AvgIpc) is 3.35. The standard InChI is InChI=1S/C20H28BrN3O3/c1-20(2,3)27-19(25)23(14-9-10-14)13-16-18-15(21)7-5-8-17(18)24(22-16)11-6-12-26-4/h5,7-8,14H,6,9-13H2,1-4H3. The van der Waals surface area contributed by atoms with Crippen LogP contribution < -0.4 is 0 Å². The first-order valence-corrected chi connectivity index (χ1v) is 10.2. The summed E-state index contributed by atoms with van der Waals surface area (Å²) >= 11 is 3.66. The molecule has 27 heavy (non-hydrogen) atoms. The maximum Gasteiger partial charge on any atom is 0.410 e. The smallest absolute Gasteiger partial charge is 0.410 e. The minimum absolute atomic E-state index is 0.246. The second-order valence-corrected chi connectivity index (χ2v) is 8.84. The number of halogens is 1. The van der Waals surface area contributed by atoms with E-state index in [2.05, 4.69) is 22.0 Å². The van der Waals surface area contributed by atoms with Crippen LogP contribution in [0.4, 0.5) is 4.79 Å². The van der Waals surface area contributed by atoms with Gasteiger partial charge in [-0.3, -0.25) is 9.58 Å². The number of rotatable bonds is 7. The van der Waals surface area contributed by atoms with Crippen LogP contribution in [0.5, 0.6) is 0 Å². The topological polar surface area (TPSA) is 56.6 Å². The summed E-state index contributed by atoms with van der Waals surface area (Å²) in [5, 5.41) is 5.89. The van der Waals surface area contributed by atoms with Gasteiger partial charge in [0.15, 0.2) is 0 Å². The fourth-order valence-electron chi connectivity index (χ4n) is 3.11. The maximum atomic E-state index is 12.7. The van der Waals surface area contributed by atoms with E-state index in [1.807, 2.05) is 42.5 Å². The van der Waals surface area contributed by atoms with Crippen molar-refractivity contribution in [1.82, 2.24) is 14.7 Å². The zero-order valence-corrected chi connectivity index (χ0v) is 18.1. The minimum Gasteiger partial charge on any atom is -0.444 e. The van der Waals surface area contributed by atoms with Crippen molar-refractivity contribution < 1.29 is 14.3 Å². The van der Waals surface area contributed by atoms with Crippen molar-refractivity contribution in [1.29, 1.82) is 0 Å².